The number of rotatable bonds is 12. The molecule has 9 N–H and O–H groups in total. The van der Waals surface area contributed by atoms with Crippen molar-refractivity contribution in [2.75, 3.05) is 11.4 Å². The third-order valence-electron chi connectivity index (χ3n) is 8.59. The van der Waals surface area contributed by atoms with Gasteiger partial charge in [-0.2, -0.15) is 0 Å². The van der Waals surface area contributed by atoms with Crippen molar-refractivity contribution in [2.45, 2.75) is 76.9 Å². The number of nitrogens with one attached hydrogen (secondary N) is 1. The first-order chi connectivity index (χ1) is 21.5. The number of hydrogen-bond acceptors (Lipinski definition) is 5. The number of fused-ring (bicyclic) bond motifs is 1. The third kappa shape index (κ3) is 7.08. The number of amidine groups is 1. The zero-order chi connectivity index (χ0) is 32.7. The molecule has 0 spiro atoms. The molecule has 0 saturated heterocycles. The van der Waals surface area contributed by atoms with E-state index in [1.165, 1.54) is 6.92 Å². The Morgan fingerprint density at radius 2 is 1.56 bits per heavy atom. The monoisotopic (exact) mass is 612 g/mol. The summed E-state index contributed by atoms with van der Waals surface area (Å²) >= 11 is 0. The Kier molecular flexibility index (Phi) is 10.4. The van der Waals surface area contributed by atoms with E-state index in [4.69, 9.17) is 28.3 Å². The molecule has 3 aromatic rings. The lowest BCUT2D eigenvalue weighted by molar-refractivity contribution is -0.149. The van der Waals surface area contributed by atoms with Gasteiger partial charge in [-0.05, 0) is 67.0 Å². The van der Waals surface area contributed by atoms with Crippen molar-refractivity contribution in [1.82, 2.24) is 4.90 Å². The van der Waals surface area contributed by atoms with Gasteiger partial charge in [-0.1, -0.05) is 61.9 Å². The van der Waals surface area contributed by atoms with Crippen LogP contribution in [0.1, 0.15) is 70.8 Å². The molecule has 1 saturated carbocycles. The number of carbonyl (C=O) groups excluding carboxylic acids is 3. The molecule has 0 heterocycles. The number of amides is 3. The highest BCUT2D eigenvalue weighted by atomic mass is 16.2. The third-order valence-corrected chi connectivity index (χ3v) is 8.59. The minimum Gasteiger partial charge on any atom is -0.384 e. The number of nitrogens with two attached hydrogens (primary N) is 4. The summed E-state index contributed by atoms with van der Waals surface area (Å²) in [5.41, 5.74) is 24.4. The quantitative estimate of drug-likeness (QED) is 0.0887. The largest absolute Gasteiger partial charge is 0.384 e. The first-order valence-electron chi connectivity index (χ1n) is 15.5. The van der Waals surface area contributed by atoms with E-state index in [0.29, 0.717) is 30.5 Å². The maximum Gasteiger partial charge on any atom is 0.240 e. The molecular formula is C34H44N8O3. The Bertz CT molecular complexity index is 1590. The second kappa shape index (κ2) is 14.2. The van der Waals surface area contributed by atoms with E-state index in [1.807, 2.05) is 48.5 Å². The average molecular weight is 613 g/mol. The summed E-state index contributed by atoms with van der Waals surface area (Å²) < 4.78 is 0. The second-order valence-electron chi connectivity index (χ2n) is 11.6. The number of primary amides is 1. The van der Waals surface area contributed by atoms with Crippen molar-refractivity contribution in [2.24, 2.45) is 27.9 Å². The van der Waals surface area contributed by atoms with Crippen molar-refractivity contribution in [3.05, 3.63) is 66.2 Å². The van der Waals surface area contributed by atoms with E-state index >= 15 is 0 Å². The number of nitrogens with zero attached hydrogens (tertiary/aromatic N) is 3. The van der Waals surface area contributed by atoms with Crippen molar-refractivity contribution >= 4 is 46.0 Å². The van der Waals surface area contributed by atoms with E-state index in [2.05, 4.69) is 4.99 Å². The maximum absolute atomic E-state index is 14.3. The molecule has 238 valence electrons. The van der Waals surface area contributed by atoms with E-state index in [-0.39, 0.29) is 43.0 Å². The lowest BCUT2D eigenvalue weighted by atomic mass is 9.82. The minimum atomic E-state index is -1.15. The molecule has 1 aliphatic rings. The molecule has 0 aliphatic heterocycles. The fourth-order valence-electron chi connectivity index (χ4n) is 6.61. The van der Waals surface area contributed by atoms with Gasteiger partial charge in [0.2, 0.25) is 17.7 Å². The molecule has 0 bridgehead atoms. The maximum atomic E-state index is 14.3. The Hall–Kier alpha value is -4.93. The van der Waals surface area contributed by atoms with Crippen LogP contribution in [0.2, 0.25) is 0 Å². The Morgan fingerprint density at radius 1 is 0.933 bits per heavy atom. The van der Waals surface area contributed by atoms with Crippen molar-refractivity contribution in [3.63, 3.8) is 0 Å². The molecule has 1 aliphatic carbocycles. The number of carbonyl (C=O) groups is 3. The van der Waals surface area contributed by atoms with Crippen LogP contribution in [0.4, 0.5) is 5.69 Å². The standard InChI is InChI=1S/C34H44N8O3/c1-3-30(44)42(29-21-26-11-6-5-10-25(26)20-27(29)23-13-15-24(16-14-23)31(35)36)34(17-7-4-8-18-34)41(22(2)43)28(32(37)45)12-9-19-40-33(38)39/h5-6,10-11,13-16,20-21,28H,3-4,7-9,12,17-19H2,1-2H3,(H3,35,36)(H2,37,45)(H4,38,39,40). The number of nitrogen functional groups attached to an aromatic ring is 1. The van der Waals surface area contributed by atoms with Gasteiger partial charge >= 0.3 is 0 Å². The zero-order valence-electron chi connectivity index (χ0n) is 26.1. The molecule has 1 fully saturated rings. The van der Waals surface area contributed by atoms with Gasteiger partial charge in [0, 0.05) is 31.0 Å². The van der Waals surface area contributed by atoms with Gasteiger partial charge in [0.05, 0.1) is 5.69 Å². The summed E-state index contributed by atoms with van der Waals surface area (Å²) in [5.74, 6) is -1.27. The van der Waals surface area contributed by atoms with Crippen LogP contribution in [0, 0.1) is 5.41 Å². The van der Waals surface area contributed by atoms with Gasteiger partial charge in [-0.3, -0.25) is 29.7 Å². The molecule has 1 atom stereocenters. The summed E-state index contributed by atoms with van der Waals surface area (Å²) in [7, 11) is 0. The molecular weight excluding hydrogens is 568 g/mol. The summed E-state index contributed by atoms with van der Waals surface area (Å²) in [6, 6.07) is 18.3. The van der Waals surface area contributed by atoms with Gasteiger partial charge in [0.25, 0.3) is 0 Å². The molecule has 1 unspecified atom stereocenters. The Labute approximate surface area is 264 Å². The summed E-state index contributed by atoms with van der Waals surface area (Å²) in [6.45, 7) is 3.50. The zero-order valence-corrected chi connectivity index (χ0v) is 26.1. The summed E-state index contributed by atoms with van der Waals surface area (Å²) in [6.07, 6.45) is 4.23. The van der Waals surface area contributed by atoms with E-state index in [9.17, 15) is 14.4 Å². The van der Waals surface area contributed by atoms with Crippen LogP contribution in [0.15, 0.2) is 65.7 Å². The van der Waals surface area contributed by atoms with Crippen LogP contribution in [-0.4, -0.2) is 52.7 Å². The predicted octanol–water partition coefficient (Wildman–Crippen LogP) is 3.95. The van der Waals surface area contributed by atoms with Gasteiger partial charge in [0.15, 0.2) is 5.96 Å². The van der Waals surface area contributed by atoms with E-state index in [1.54, 1.807) is 28.9 Å². The molecule has 3 aromatic carbocycles. The molecule has 0 radical (unpaired) electrons. The summed E-state index contributed by atoms with van der Waals surface area (Å²) in [5, 5.41) is 9.75. The normalized spacial score (nSPS) is 14.7. The molecule has 4 rings (SSSR count). The van der Waals surface area contributed by atoms with Crippen LogP contribution in [0.25, 0.3) is 21.9 Å². The van der Waals surface area contributed by atoms with Crippen LogP contribution < -0.4 is 27.8 Å². The van der Waals surface area contributed by atoms with E-state index < -0.39 is 17.6 Å². The number of anilines is 1. The average Bonchev–Trinajstić information content (AvgIpc) is 3.02. The molecule has 11 heteroatoms. The number of aliphatic imine (C=N–C) groups is 1. The number of hydrogen-bond donors (Lipinski definition) is 5. The van der Waals surface area contributed by atoms with Gasteiger partial charge in [-0.15, -0.1) is 0 Å². The lowest BCUT2D eigenvalue weighted by Crippen LogP contribution is -2.69. The fraction of sp³-hybridized carbons (Fsp3) is 0.382. The van der Waals surface area contributed by atoms with Gasteiger partial charge < -0.3 is 27.8 Å². The first kappa shape index (κ1) is 33.0. The highest BCUT2D eigenvalue weighted by molar-refractivity contribution is 6.04. The van der Waals surface area contributed by atoms with Crippen molar-refractivity contribution in [3.8, 4) is 11.1 Å². The van der Waals surface area contributed by atoms with Gasteiger partial charge in [0.1, 0.15) is 17.5 Å². The highest BCUT2D eigenvalue weighted by Gasteiger charge is 2.51. The SMILES string of the molecule is CCC(=O)N(c1cc2ccccc2cc1-c1ccc(C(=N)N)cc1)C1(N(C(C)=O)C(CCCN=C(N)N)C(N)=O)CCCCC1. The number of guanidine groups is 1. The number of benzene rings is 3. The van der Waals surface area contributed by atoms with E-state index in [0.717, 1.165) is 41.2 Å². The molecule has 11 nitrogen and oxygen atoms in total. The topological polar surface area (TPSA) is 198 Å². The van der Waals surface area contributed by atoms with Crippen LogP contribution in [0.3, 0.4) is 0 Å². The van der Waals surface area contributed by atoms with Crippen LogP contribution in [-0.2, 0) is 14.4 Å². The van der Waals surface area contributed by atoms with Crippen LogP contribution in [0.5, 0.6) is 0 Å². The Morgan fingerprint density at radius 3 is 2.09 bits per heavy atom. The Balaban J connectivity index is 1.99. The van der Waals surface area contributed by atoms with Crippen LogP contribution >= 0.6 is 0 Å². The second-order valence-corrected chi connectivity index (χ2v) is 11.6. The molecule has 0 aromatic heterocycles. The predicted molar refractivity (Wildman–Crippen MR) is 179 cm³/mol. The summed E-state index contributed by atoms with van der Waals surface area (Å²) in [4.78, 5) is 48.5. The fourth-order valence-corrected chi connectivity index (χ4v) is 6.61. The highest BCUT2D eigenvalue weighted by Crippen LogP contribution is 2.46. The van der Waals surface area contributed by atoms with Crippen molar-refractivity contribution < 1.29 is 14.4 Å². The first-order valence-corrected chi connectivity index (χ1v) is 15.5. The molecule has 3 amide bonds. The smallest absolute Gasteiger partial charge is 0.240 e. The minimum absolute atomic E-state index is 0.0429. The lowest BCUT2D eigenvalue weighted by Gasteiger charge is -2.55. The van der Waals surface area contributed by atoms with Gasteiger partial charge in [-0.25, -0.2) is 0 Å². The van der Waals surface area contributed by atoms with Crippen molar-refractivity contribution in [1.29, 1.82) is 5.41 Å². The molecule has 45 heavy (non-hydrogen) atoms.